The Morgan fingerprint density at radius 3 is 2.92 bits per heavy atom. The lowest BCUT2D eigenvalue weighted by atomic mass is 9.66. The van der Waals surface area contributed by atoms with Gasteiger partial charge in [-0.05, 0) is 57.8 Å². The van der Waals surface area contributed by atoms with Crippen LogP contribution in [-0.2, 0) is 4.79 Å². The monoisotopic (exact) mass is 290 g/mol. The molecule has 0 aromatic rings. The standard InChI is InChI=1S/C11H15IO/c1-7-8-4-3-5-10(13)11(8,2)6-9(7)12/h6-8H,3-5H2,1-2H3/t7?,8-,11+/m0/s1. The van der Waals surface area contributed by atoms with Gasteiger partial charge in [-0.25, -0.2) is 0 Å². The van der Waals surface area contributed by atoms with Crippen LogP contribution in [0.4, 0.5) is 0 Å². The maximum atomic E-state index is 11.8. The van der Waals surface area contributed by atoms with Gasteiger partial charge in [-0.2, -0.15) is 0 Å². The van der Waals surface area contributed by atoms with Crippen LogP contribution >= 0.6 is 22.6 Å². The van der Waals surface area contributed by atoms with Crippen LogP contribution in [-0.4, -0.2) is 5.78 Å². The van der Waals surface area contributed by atoms with Crippen LogP contribution in [0.2, 0.25) is 0 Å². The Morgan fingerprint density at radius 2 is 2.31 bits per heavy atom. The van der Waals surface area contributed by atoms with Crippen molar-refractivity contribution in [2.45, 2.75) is 33.1 Å². The molecule has 2 aliphatic rings. The van der Waals surface area contributed by atoms with Crippen molar-refractivity contribution < 1.29 is 4.79 Å². The first-order chi connectivity index (χ1) is 6.05. The third-order valence-corrected chi connectivity index (χ3v) is 5.06. The van der Waals surface area contributed by atoms with Crippen LogP contribution in [0.5, 0.6) is 0 Å². The number of halogens is 1. The lowest BCUT2D eigenvalue weighted by Crippen LogP contribution is -2.37. The topological polar surface area (TPSA) is 17.1 Å². The molecule has 1 unspecified atom stereocenters. The van der Waals surface area contributed by atoms with Gasteiger partial charge in [-0.1, -0.05) is 13.0 Å². The number of Topliss-reactive ketones (excluding diaryl/α,β-unsaturated/α-hetero) is 1. The maximum Gasteiger partial charge on any atom is 0.142 e. The SMILES string of the molecule is CC1C(I)=C[C@@]2(C)C(=O)CCC[C@@H]12. The zero-order valence-electron chi connectivity index (χ0n) is 8.14. The number of fused-ring (bicyclic) bond motifs is 1. The first kappa shape index (κ1) is 9.69. The molecule has 1 saturated carbocycles. The lowest BCUT2D eigenvalue weighted by molar-refractivity contribution is -0.130. The fourth-order valence-electron chi connectivity index (χ4n) is 2.83. The summed E-state index contributed by atoms with van der Waals surface area (Å²) in [6, 6.07) is 0. The Kier molecular flexibility index (Phi) is 2.29. The predicted octanol–water partition coefficient (Wildman–Crippen LogP) is 3.33. The summed E-state index contributed by atoms with van der Waals surface area (Å²) >= 11 is 2.39. The Hall–Kier alpha value is 0.140. The third-order valence-electron chi connectivity index (χ3n) is 3.77. The van der Waals surface area contributed by atoms with Crippen molar-refractivity contribution in [1.82, 2.24) is 0 Å². The largest absolute Gasteiger partial charge is 0.299 e. The number of carbonyl (C=O) groups is 1. The first-order valence-corrected chi connectivity index (χ1v) is 6.05. The molecule has 0 bridgehead atoms. The van der Waals surface area contributed by atoms with Crippen molar-refractivity contribution in [2.24, 2.45) is 17.3 Å². The fraction of sp³-hybridized carbons (Fsp3) is 0.727. The normalized spacial score (nSPS) is 44.5. The highest BCUT2D eigenvalue weighted by molar-refractivity contribution is 14.1. The number of allylic oxidation sites excluding steroid dienone is 2. The van der Waals surface area contributed by atoms with Crippen LogP contribution in [0.15, 0.2) is 9.66 Å². The minimum atomic E-state index is -0.117. The van der Waals surface area contributed by atoms with Crippen LogP contribution in [0.25, 0.3) is 0 Å². The van der Waals surface area contributed by atoms with E-state index < -0.39 is 0 Å². The van der Waals surface area contributed by atoms with Gasteiger partial charge in [-0.15, -0.1) is 0 Å². The summed E-state index contributed by atoms with van der Waals surface area (Å²) in [7, 11) is 0. The van der Waals surface area contributed by atoms with E-state index in [-0.39, 0.29) is 5.41 Å². The van der Waals surface area contributed by atoms with Gasteiger partial charge in [-0.3, -0.25) is 4.79 Å². The van der Waals surface area contributed by atoms with Gasteiger partial charge < -0.3 is 0 Å². The molecule has 1 fully saturated rings. The molecule has 0 heterocycles. The van der Waals surface area contributed by atoms with E-state index in [9.17, 15) is 4.79 Å². The van der Waals surface area contributed by atoms with Crippen molar-refractivity contribution in [3.05, 3.63) is 9.66 Å². The van der Waals surface area contributed by atoms with Crippen molar-refractivity contribution in [3.8, 4) is 0 Å². The molecule has 0 radical (unpaired) electrons. The van der Waals surface area contributed by atoms with Gasteiger partial charge in [0.25, 0.3) is 0 Å². The van der Waals surface area contributed by atoms with Crippen molar-refractivity contribution >= 4 is 28.4 Å². The van der Waals surface area contributed by atoms with Gasteiger partial charge in [0.15, 0.2) is 0 Å². The highest BCUT2D eigenvalue weighted by atomic mass is 127. The van der Waals surface area contributed by atoms with E-state index in [1.165, 1.54) is 10.0 Å². The molecule has 0 amide bonds. The maximum absolute atomic E-state index is 11.8. The molecule has 72 valence electrons. The minimum absolute atomic E-state index is 0.117. The lowest BCUT2D eigenvalue weighted by Gasteiger charge is -2.35. The molecule has 0 aromatic heterocycles. The second-order valence-corrected chi connectivity index (χ2v) is 5.77. The van der Waals surface area contributed by atoms with E-state index >= 15 is 0 Å². The number of ketones is 1. The molecule has 2 aliphatic carbocycles. The first-order valence-electron chi connectivity index (χ1n) is 4.97. The van der Waals surface area contributed by atoms with Gasteiger partial charge >= 0.3 is 0 Å². The Labute approximate surface area is 93.1 Å². The highest BCUT2D eigenvalue weighted by Gasteiger charge is 2.48. The zero-order chi connectivity index (χ0) is 9.64. The molecule has 0 aromatic carbocycles. The molecule has 3 atom stereocenters. The number of hydrogen-bond acceptors (Lipinski definition) is 1. The number of hydrogen-bond donors (Lipinski definition) is 0. The molecular weight excluding hydrogens is 275 g/mol. The van der Waals surface area contributed by atoms with E-state index in [2.05, 4.69) is 42.5 Å². The molecule has 0 N–H and O–H groups in total. The van der Waals surface area contributed by atoms with Gasteiger partial charge in [0.1, 0.15) is 5.78 Å². The smallest absolute Gasteiger partial charge is 0.142 e. The quantitative estimate of drug-likeness (QED) is 0.625. The molecule has 0 saturated heterocycles. The summed E-state index contributed by atoms with van der Waals surface area (Å²) in [5, 5.41) is 0. The van der Waals surface area contributed by atoms with E-state index in [1.807, 2.05) is 0 Å². The van der Waals surface area contributed by atoms with Gasteiger partial charge in [0.2, 0.25) is 0 Å². The van der Waals surface area contributed by atoms with Crippen molar-refractivity contribution in [3.63, 3.8) is 0 Å². The van der Waals surface area contributed by atoms with Crippen LogP contribution in [0, 0.1) is 17.3 Å². The Morgan fingerprint density at radius 1 is 1.62 bits per heavy atom. The predicted molar refractivity (Wildman–Crippen MR) is 61.7 cm³/mol. The molecule has 0 aliphatic heterocycles. The highest BCUT2D eigenvalue weighted by Crippen LogP contribution is 2.53. The summed E-state index contributed by atoms with van der Waals surface area (Å²) in [6.07, 6.45) is 5.33. The number of rotatable bonds is 0. The Balaban J connectivity index is 2.38. The third kappa shape index (κ3) is 1.29. The van der Waals surface area contributed by atoms with Crippen molar-refractivity contribution in [1.29, 1.82) is 0 Å². The molecule has 1 nitrogen and oxygen atoms in total. The van der Waals surface area contributed by atoms with E-state index in [4.69, 9.17) is 0 Å². The van der Waals surface area contributed by atoms with Gasteiger partial charge in [0, 0.05) is 11.8 Å². The van der Waals surface area contributed by atoms with E-state index in [0.29, 0.717) is 17.6 Å². The second-order valence-electron chi connectivity index (χ2n) is 4.52. The summed E-state index contributed by atoms with van der Waals surface area (Å²) in [5.41, 5.74) is -0.117. The fourth-order valence-corrected chi connectivity index (χ4v) is 3.91. The van der Waals surface area contributed by atoms with Crippen molar-refractivity contribution in [2.75, 3.05) is 0 Å². The van der Waals surface area contributed by atoms with E-state index in [0.717, 1.165) is 12.8 Å². The summed E-state index contributed by atoms with van der Waals surface area (Å²) in [6.45, 7) is 4.38. The molecule has 0 spiro atoms. The van der Waals surface area contributed by atoms with Crippen LogP contribution < -0.4 is 0 Å². The van der Waals surface area contributed by atoms with Gasteiger partial charge in [0.05, 0.1) is 0 Å². The molecule has 2 rings (SSSR count). The van der Waals surface area contributed by atoms with Crippen LogP contribution in [0.3, 0.4) is 0 Å². The van der Waals surface area contributed by atoms with Crippen LogP contribution in [0.1, 0.15) is 33.1 Å². The summed E-state index contributed by atoms with van der Waals surface area (Å²) < 4.78 is 1.39. The number of carbonyl (C=O) groups excluding carboxylic acids is 1. The molecular formula is C11H15IO. The summed E-state index contributed by atoms with van der Waals surface area (Å²) in [4.78, 5) is 11.8. The van der Waals surface area contributed by atoms with E-state index in [1.54, 1.807) is 0 Å². The molecule has 2 heteroatoms. The average molecular weight is 290 g/mol. The molecule has 13 heavy (non-hydrogen) atoms. The minimum Gasteiger partial charge on any atom is -0.299 e. The average Bonchev–Trinajstić information content (AvgIpc) is 2.29. The second kappa shape index (κ2) is 3.07. The summed E-state index contributed by atoms with van der Waals surface area (Å²) in [5.74, 6) is 1.65. The zero-order valence-corrected chi connectivity index (χ0v) is 10.3. The Bertz CT molecular complexity index is 282.